The number of carbonyl (C=O) groups excluding carboxylic acids is 2. The zero-order valence-corrected chi connectivity index (χ0v) is 42.6. The lowest BCUT2D eigenvalue weighted by molar-refractivity contribution is -0.297. The summed E-state index contributed by atoms with van der Waals surface area (Å²) < 4.78 is 54.3. The number of unbranched alkanes of at least 4 members (excludes halogenated alkanes) is 22. The maximum absolute atomic E-state index is 12.9. The number of esters is 2. The average Bonchev–Trinajstić information content (AvgIpc) is 3.30. The van der Waals surface area contributed by atoms with Crippen LogP contribution in [0.15, 0.2) is 60.8 Å². The second kappa shape index (κ2) is 43.4. The van der Waals surface area contributed by atoms with Gasteiger partial charge < -0.3 is 34.3 Å². The molecule has 67 heavy (non-hydrogen) atoms. The van der Waals surface area contributed by atoms with Crippen LogP contribution in [-0.4, -0.2) is 96.0 Å². The molecule has 1 rings (SSSR count). The van der Waals surface area contributed by atoms with Crippen LogP contribution in [0, 0.1) is 0 Å². The maximum Gasteiger partial charge on any atom is 0.306 e. The zero-order chi connectivity index (χ0) is 49.1. The summed E-state index contributed by atoms with van der Waals surface area (Å²) >= 11 is 0. The zero-order valence-electron chi connectivity index (χ0n) is 41.7. The van der Waals surface area contributed by atoms with Crippen LogP contribution in [0.25, 0.3) is 0 Å². The van der Waals surface area contributed by atoms with Crippen LogP contribution in [0.5, 0.6) is 0 Å². The lowest BCUT2D eigenvalue weighted by atomic mass is 10.00. The summed E-state index contributed by atoms with van der Waals surface area (Å²) in [6, 6.07) is 0. The van der Waals surface area contributed by atoms with Gasteiger partial charge in [-0.3, -0.25) is 14.1 Å². The quantitative estimate of drug-likeness (QED) is 0.0196. The Labute approximate surface area is 406 Å². The molecule has 0 aromatic rings. The molecule has 0 spiro atoms. The molecule has 1 saturated heterocycles. The third kappa shape index (κ3) is 37.9. The monoisotopic (exact) mass is 967 g/mol. The van der Waals surface area contributed by atoms with Crippen LogP contribution in [0.2, 0.25) is 0 Å². The Kier molecular flexibility index (Phi) is 40.4. The molecule has 0 aromatic carbocycles. The van der Waals surface area contributed by atoms with Crippen LogP contribution >= 0.6 is 0 Å². The van der Waals surface area contributed by atoms with E-state index in [0.29, 0.717) is 12.8 Å². The molecule has 0 amide bonds. The number of hydrogen-bond acceptors (Lipinski definition) is 11. The third-order valence-electron chi connectivity index (χ3n) is 11.8. The second-order valence-corrected chi connectivity index (χ2v) is 19.7. The molecule has 0 saturated carbocycles. The van der Waals surface area contributed by atoms with E-state index in [9.17, 15) is 37.9 Å². The van der Waals surface area contributed by atoms with Crippen molar-refractivity contribution >= 4 is 22.1 Å². The van der Waals surface area contributed by atoms with E-state index in [4.69, 9.17) is 18.9 Å². The number of rotatable bonds is 44. The van der Waals surface area contributed by atoms with Crippen molar-refractivity contribution in [2.75, 3.05) is 19.0 Å². The molecular weight excluding hydrogens is 873 g/mol. The van der Waals surface area contributed by atoms with Crippen molar-refractivity contribution in [3.63, 3.8) is 0 Å². The molecule has 12 nitrogen and oxygen atoms in total. The predicted octanol–water partition coefficient (Wildman–Crippen LogP) is 12.1. The SMILES string of the molecule is CC/C=C\C/C=C\C/C=C\C/C=C\CCCCCCCCCCC(=O)OC(COC(=O)CCCCCCCCC/C=C\CCCCCCCCC)COC1OC(CS(=O)(=O)O)C(O)C(O)C1O. The van der Waals surface area contributed by atoms with Crippen molar-refractivity contribution in [2.24, 2.45) is 0 Å². The van der Waals surface area contributed by atoms with Crippen LogP contribution < -0.4 is 0 Å². The first kappa shape index (κ1) is 62.4. The topological polar surface area (TPSA) is 186 Å². The molecule has 1 aliphatic rings. The van der Waals surface area contributed by atoms with E-state index in [1.54, 1.807) is 0 Å². The standard InChI is InChI=1S/C54H94O12S/c1-3-5-7-9-11-13-15-17-19-21-23-24-25-27-29-31-33-35-37-39-41-43-50(56)65-47(45-64-54-53(59)52(58)51(57)48(66-54)46-67(60,61)62)44-63-49(55)42-40-38-36-34-32-30-28-26-22-20-18-16-14-12-10-8-6-4-2/h5,7,11,13,17,19-20,22-24,47-48,51-54,57-59H,3-4,6,8-10,12,14-16,18,21,25-46H2,1-2H3,(H,60,61,62)/b7-5-,13-11-,19-17-,22-20-,24-23-. The Morgan fingerprint density at radius 2 is 0.940 bits per heavy atom. The van der Waals surface area contributed by atoms with Crippen molar-refractivity contribution in [1.82, 2.24) is 0 Å². The number of aliphatic hydroxyl groups is 3. The van der Waals surface area contributed by atoms with Crippen LogP contribution in [-0.2, 0) is 38.7 Å². The normalized spacial score (nSPS) is 19.8. The summed E-state index contributed by atoms with van der Waals surface area (Å²) in [4.78, 5) is 25.6. The van der Waals surface area contributed by atoms with Gasteiger partial charge in [-0.1, -0.05) is 184 Å². The van der Waals surface area contributed by atoms with Crippen molar-refractivity contribution in [2.45, 2.75) is 250 Å². The largest absolute Gasteiger partial charge is 0.462 e. The van der Waals surface area contributed by atoms with Gasteiger partial charge >= 0.3 is 11.9 Å². The highest BCUT2D eigenvalue weighted by Crippen LogP contribution is 2.24. The van der Waals surface area contributed by atoms with E-state index < -0.39 is 71.2 Å². The van der Waals surface area contributed by atoms with Gasteiger partial charge in [0.1, 0.15) is 36.8 Å². The lowest BCUT2D eigenvalue weighted by Gasteiger charge is -2.40. The van der Waals surface area contributed by atoms with Crippen molar-refractivity contribution in [3.8, 4) is 0 Å². The van der Waals surface area contributed by atoms with Crippen LogP contribution in [0.4, 0.5) is 0 Å². The van der Waals surface area contributed by atoms with Gasteiger partial charge in [0.15, 0.2) is 12.4 Å². The predicted molar refractivity (Wildman–Crippen MR) is 270 cm³/mol. The Morgan fingerprint density at radius 1 is 0.522 bits per heavy atom. The molecule has 1 aliphatic heterocycles. The first-order chi connectivity index (χ1) is 32.5. The molecule has 0 radical (unpaired) electrons. The number of hydrogen-bond donors (Lipinski definition) is 4. The summed E-state index contributed by atoms with van der Waals surface area (Å²) in [6.07, 6.45) is 45.4. The van der Waals surface area contributed by atoms with Crippen LogP contribution in [0.1, 0.15) is 213 Å². The smallest absolute Gasteiger partial charge is 0.306 e. The highest BCUT2D eigenvalue weighted by molar-refractivity contribution is 7.85. The highest BCUT2D eigenvalue weighted by atomic mass is 32.2. The maximum atomic E-state index is 12.9. The molecule has 6 atom stereocenters. The average molecular weight is 967 g/mol. The first-order valence-corrected chi connectivity index (χ1v) is 28.0. The van der Waals surface area contributed by atoms with Crippen molar-refractivity contribution in [1.29, 1.82) is 0 Å². The van der Waals surface area contributed by atoms with Crippen molar-refractivity contribution < 1.29 is 56.8 Å². The molecule has 13 heteroatoms. The Hall–Kier alpha value is -2.65. The molecule has 0 bridgehead atoms. The van der Waals surface area contributed by atoms with E-state index in [1.807, 2.05) is 0 Å². The lowest BCUT2D eigenvalue weighted by Crippen LogP contribution is -2.60. The van der Waals surface area contributed by atoms with Gasteiger partial charge in [0, 0.05) is 12.8 Å². The second-order valence-electron chi connectivity index (χ2n) is 18.2. The van der Waals surface area contributed by atoms with E-state index in [-0.39, 0.29) is 19.4 Å². The number of carbonyl (C=O) groups is 2. The summed E-state index contributed by atoms with van der Waals surface area (Å²) in [7, 11) is -4.61. The van der Waals surface area contributed by atoms with Gasteiger partial charge in [0.25, 0.3) is 10.1 Å². The fourth-order valence-electron chi connectivity index (χ4n) is 7.78. The van der Waals surface area contributed by atoms with Gasteiger partial charge in [-0.15, -0.1) is 0 Å². The molecule has 388 valence electrons. The third-order valence-corrected chi connectivity index (χ3v) is 12.6. The number of aliphatic hydroxyl groups excluding tert-OH is 3. The Morgan fingerprint density at radius 3 is 1.42 bits per heavy atom. The minimum Gasteiger partial charge on any atom is -0.462 e. The minimum absolute atomic E-state index is 0.152. The fourth-order valence-corrected chi connectivity index (χ4v) is 8.47. The highest BCUT2D eigenvalue weighted by Gasteiger charge is 2.46. The molecular formula is C54H94O12S. The molecule has 4 N–H and O–H groups in total. The van der Waals surface area contributed by atoms with E-state index in [0.717, 1.165) is 83.5 Å². The fraction of sp³-hybridized carbons (Fsp3) is 0.778. The van der Waals surface area contributed by atoms with Gasteiger partial charge in [-0.2, -0.15) is 8.42 Å². The van der Waals surface area contributed by atoms with Gasteiger partial charge in [-0.05, 0) is 77.0 Å². The molecule has 1 heterocycles. The number of allylic oxidation sites excluding steroid dienone is 10. The van der Waals surface area contributed by atoms with Crippen LogP contribution in [0.3, 0.4) is 0 Å². The Balaban J connectivity index is 2.37. The summed E-state index contributed by atoms with van der Waals surface area (Å²) in [5.41, 5.74) is 0. The van der Waals surface area contributed by atoms with Gasteiger partial charge in [0.2, 0.25) is 0 Å². The minimum atomic E-state index is -4.61. The molecule has 6 unspecified atom stereocenters. The Bertz CT molecular complexity index is 1460. The van der Waals surface area contributed by atoms with E-state index in [1.165, 1.54) is 89.9 Å². The number of ether oxygens (including phenoxy) is 4. The van der Waals surface area contributed by atoms with Crippen molar-refractivity contribution in [3.05, 3.63) is 60.8 Å². The molecule has 1 fully saturated rings. The first-order valence-electron chi connectivity index (χ1n) is 26.3. The summed E-state index contributed by atoms with van der Waals surface area (Å²) in [5, 5.41) is 31.0. The summed E-state index contributed by atoms with van der Waals surface area (Å²) in [5.74, 6) is -2.00. The summed E-state index contributed by atoms with van der Waals surface area (Å²) in [6.45, 7) is 3.66. The molecule has 0 aromatic heterocycles. The van der Waals surface area contributed by atoms with Gasteiger partial charge in [-0.25, -0.2) is 0 Å². The molecule has 0 aliphatic carbocycles. The van der Waals surface area contributed by atoms with E-state index in [2.05, 4.69) is 74.6 Å². The van der Waals surface area contributed by atoms with E-state index >= 15 is 0 Å². The van der Waals surface area contributed by atoms with Gasteiger partial charge in [0.05, 0.1) is 6.61 Å².